The van der Waals surface area contributed by atoms with E-state index >= 15 is 0 Å². The van der Waals surface area contributed by atoms with Gasteiger partial charge in [-0.3, -0.25) is 9.89 Å². The highest BCUT2D eigenvalue weighted by Gasteiger charge is 2.27. The molecule has 0 saturated carbocycles. The number of rotatable bonds is 7. The smallest absolute Gasteiger partial charge is 0.227 e. The van der Waals surface area contributed by atoms with Gasteiger partial charge in [-0.15, -0.1) is 0 Å². The second-order valence-electron chi connectivity index (χ2n) is 6.30. The highest BCUT2D eigenvalue weighted by molar-refractivity contribution is 5.84. The van der Waals surface area contributed by atoms with E-state index < -0.39 is 0 Å². The first-order chi connectivity index (χ1) is 12.7. The van der Waals surface area contributed by atoms with Crippen molar-refractivity contribution in [3.8, 4) is 17.2 Å². The number of carbonyl (C=O) groups is 1. The van der Waals surface area contributed by atoms with Crippen molar-refractivity contribution in [2.45, 2.75) is 31.6 Å². The van der Waals surface area contributed by atoms with Gasteiger partial charge < -0.3 is 19.5 Å². The van der Waals surface area contributed by atoms with E-state index in [1.807, 2.05) is 12.1 Å². The molecule has 1 amide bonds. The number of benzene rings is 1. The molecule has 1 heterocycles. The lowest BCUT2D eigenvalue weighted by molar-refractivity contribution is -0.122. The van der Waals surface area contributed by atoms with Crippen LogP contribution in [0.15, 0.2) is 18.3 Å². The summed E-state index contributed by atoms with van der Waals surface area (Å²) in [4.78, 5) is 12.6. The predicted molar refractivity (Wildman–Crippen MR) is 97.1 cm³/mol. The fourth-order valence-electron chi connectivity index (χ4n) is 3.49. The van der Waals surface area contributed by atoms with E-state index in [4.69, 9.17) is 14.2 Å². The fourth-order valence-corrected chi connectivity index (χ4v) is 3.49. The number of hydrogen-bond donors (Lipinski definition) is 2. The number of amides is 1. The van der Waals surface area contributed by atoms with E-state index in [0.717, 1.165) is 36.1 Å². The predicted octanol–water partition coefficient (Wildman–Crippen LogP) is 2.21. The van der Waals surface area contributed by atoms with Gasteiger partial charge in [0.25, 0.3) is 0 Å². The summed E-state index contributed by atoms with van der Waals surface area (Å²) in [6, 6.07) is 3.64. The minimum absolute atomic E-state index is 0.0406. The van der Waals surface area contributed by atoms with Crippen LogP contribution in [0.1, 0.15) is 35.6 Å². The maximum atomic E-state index is 12.6. The molecule has 1 aromatic heterocycles. The first kappa shape index (κ1) is 18.1. The van der Waals surface area contributed by atoms with E-state index in [0.29, 0.717) is 30.2 Å². The first-order valence-corrected chi connectivity index (χ1v) is 8.76. The van der Waals surface area contributed by atoms with E-state index in [-0.39, 0.29) is 11.8 Å². The summed E-state index contributed by atoms with van der Waals surface area (Å²) in [5, 5.41) is 10.1. The highest BCUT2D eigenvalue weighted by atomic mass is 16.5. The third-order valence-electron chi connectivity index (χ3n) is 4.85. The fraction of sp³-hybridized carbons (Fsp3) is 0.474. The lowest BCUT2D eigenvalue weighted by Crippen LogP contribution is -2.32. The number of aromatic nitrogens is 2. The lowest BCUT2D eigenvalue weighted by atomic mass is 9.86. The Morgan fingerprint density at radius 1 is 1.23 bits per heavy atom. The Hall–Kier alpha value is -2.70. The molecule has 2 N–H and O–H groups in total. The van der Waals surface area contributed by atoms with Crippen LogP contribution in [0, 0.1) is 0 Å². The van der Waals surface area contributed by atoms with Gasteiger partial charge in [-0.25, -0.2) is 0 Å². The van der Waals surface area contributed by atoms with Crippen LogP contribution in [0.3, 0.4) is 0 Å². The van der Waals surface area contributed by atoms with Crippen molar-refractivity contribution in [3.63, 3.8) is 0 Å². The van der Waals surface area contributed by atoms with Gasteiger partial charge in [0.2, 0.25) is 5.91 Å². The standard InChI is InChI=1S/C19H25N3O4/c1-24-12-9-17(25-2)14(18(10-12)26-3)7-8-20-19(23)13-5-4-6-16-15(13)11-21-22-16/h9-11,13H,4-8H2,1-3H3,(H,20,23)(H,21,22). The molecule has 7 nitrogen and oxygen atoms in total. The zero-order chi connectivity index (χ0) is 18.5. The summed E-state index contributed by atoms with van der Waals surface area (Å²) < 4.78 is 16.2. The van der Waals surface area contributed by atoms with Crippen molar-refractivity contribution in [1.29, 1.82) is 0 Å². The van der Waals surface area contributed by atoms with Crippen LogP contribution in [-0.4, -0.2) is 44.0 Å². The van der Waals surface area contributed by atoms with Crippen LogP contribution in [0.5, 0.6) is 17.2 Å². The molecule has 0 fully saturated rings. The molecule has 0 aliphatic heterocycles. The van der Waals surface area contributed by atoms with Crippen molar-refractivity contribution < 1.29 is 19.0 Å². The Bertz CT molecular complexity index is 747. The zero-order valence-electron chi connectivity index (χ0n) is 15.4. The first-order valence-electron chi connectivity index (χ1n) is 8.76. The second-order valence-corrected chi connectivity index (χ2v) is 6.30. The topological polar surface area (TPSA) is 85.5 Å². The number of hydrogen-bond acceptors (Lipinski definition) is 5. The Morgan fingerprint density at radius 3 is 2.62 bits per heavy atom. The molecule has 1 atom stereocenters. The van der Waals surface area contributed by atoms with Crippen molar-refractivity contribution in [2.24, 2.45) is 0 Å². The number of fused-ring (bicyclic) bond motifs is 1. The summed E-state index contributed by atoms with van der Waals surface area (Å²) in [6.45, 7) is 0.502. The van der Waals surface area contributed by atoms with E-state index in [2.05, 4.69) is 15.5 Å². The van der Waals surface area contributed by atoms with Gasteiger partial charge in [0.05, 0.1) is 33.4 Å². The van der Waals surface area contributed by atoms with Gasteiger partial charge in [-0.05, 0) is 25.7 Å². The second kappa shape index (κ2) is 8.12. The quantitative estimate of drug-likeness (QED) is 0.792. The molecule has 0 saturated heterocycles. The monoisotopic (exact) mass is 359 g/mol. The summed E-state index contributed by atoms with van der Waals surface area (Å²) in [5.74, 6) is 1.95. The van der Waals surface area contributed by atoms with Crippen LogP contribution in [0.4, 0.5) is 0 Å². The van der Waals surface area contributed by atoms with Crippen molar-refractivity contribution in [1.82, 2.24) is 15.5 Å². The maximum Gasteiger partial charge on any atom is 0.227 e. The number of aryl methyl sites for hydroxylation is 1. The van der Waals surface area contributed by atoms with Gasteiger partial charge in [0.15, 0.2) is 0 Å². The van der Waals surface area contributed by atoms with Gasteiger partial charge in [0, 0.05) is 35.5 Å². The third-order valence-corrected chi connectivity index (χ3v) is 4.85. The Morgan fingerprint density at radius 2 is 1.96 bits per heavy atom. The molecule has 0 bridgehead atoms. The van der Waals surface area contributed by atoms with Crippen LogP contribution < -0.4 is 19.5 Å². The number of H-pyrrole nitrogens is 1. The SMILES string of the molecule is COc1cc(OC)c(CCNC(=O)C2CCCc3[nH]ncc32)c(OC)c1. The number of methoxy groups -OCH3 is 3. The molecular weight excluding hydrogens is 334 g/mol. The number of nitrogens with one attached hydrogen (secondary N) is 2. The van der Waals surface area contributed by atoms with Crippen LogP contribution in [0.2, 0.25) is 0 Å². The molecule has 0 radical (unpaired) electrons. The minimum atomic E-state index is -0.128. The molecule has 0 spiro atoms. The summed E-state index contributed by atoms with van der Waals surface area (Å²) in [5.41, 5.74) is 3.01. The van der Waals surface area contributed by atoms with E-state index in [9.17, 15) is 4.79 Å². The number of aromatic amines is 1. The highest BCUT2D eigenvalue weighted by Crippen LogP contribution is 2.34. The zero-order valence-corrected chi connectivity index (χ0v) is 15.4. The molecule has 26 heavy (non-hydrogen) atoms. The number of ether oxygens (including phenoxy) is 3. The average Bonchev–Trinajstić information content (AvgIpc) is 3.16. The third kappa shape index (κ3) is 3.61. The van der Waals surface area contributed by atoms with Gasteiger partial charge in [-0.1, -0.05) is 0 Å². The minimum Gasteiger partial charge on any atom is -0.496 e. The van der Waals surface area contributed by atoms with Gasteiger partial charge >= 0.3 is 0 Å². The molecular formula is C19H25N3O4. The number of carbonyl (C=O) groups excluding carboxylic acids is 1. The normalized spacial score (nSPS) is 15.9. The molecule has 140 valence electrons. The maximum absolute atomic E-state index is 12.6. The summed E-state index contributed by atoms with van der Waals surface area (Å²) in [7, 11) is 4.82. The molecule has 1 aliphatic carbocycles. The summed E-state index contributed by atoms with van der Waals surface area (Å²) >= 11 is 0. The molecule has 7 heteroatoms. The van der Waals surface area contributed by atoms with Crippen LogP contribution in [-0.2, 0) is 17.6 Å². The Labute approximate surface area is 153 Å². The lowest BCUT2D eigenvalue weighted by Gasteiger charge is -2.21. The largest absolute Gasteiger partial charge is 0.496 e. The summed E-state index contributed by atoms with van der Waals surface area (Å²) in [6.07, 6.45) is 5.18. The molecule has 3 rings (SSSR count). The molecule has 1 aromatic carbocycles. The van der Waals surface area contributed by atoms with Crippen LogP contribution >= 0.6 is 0 Å². The number of nitrogens with zero attached hydrogens (tertiary/aromatic N) is 1. The van der Waals surface area contributed by atoms with E-state index in [1.54, 1.807) is 27.5 Å². The molecule has 1 unspecified atom stereocenters. The van der Waals surface area contributed by atoms with Gasteiger partial charge in [-0.2, -0.15) is 5.10 Å². The molecule has 2 aromatic rings. The Kier molecular flexibility index (Phi) is 5.65. The van der Waals surface area contributed by atoms with E-state index in [1.165, 1.54) is 0 Å². The molecule has 1 aliphatic rings. The van der Waals surface area contributed by atoms with Crippen LogP contribution in [0.25, 0.3) is 0 Å². The van der Waals surface area contributed by atoms with Crippen molar-refractivity contribution in [3.05, 3.63) is 35.2 Å². The van der Waals surface area contributed by atoms with Gasteiger partial charge in [0.1, 0.15) is 17.2 Å². The van der Waals surface area contributed by atoms with Crippen molar-refractivity contribution >= 4 is 5.91 Å². The van der Waals surface area contributed by atoms with Crippen molar-refractivity contribution in [2.75, 3.05) is 27.9 Å². The Balaban J connectivity index is 1.66. The average molecular weight is 359 g/mol.